The predicted octanol–water partition coefficient (Wildman–Crippen LogP) is 4.78. The second kappa shape index (κ2) is 6.80. The maximum atomic E-state index is 10.0. The quantitative estimate of drug-likeness (QED) is 0.764. The molecule has 0 aromatic rings. The predicted molar refractivity (Wildman–Crippen MR) is 99.6 cm³/mol. The number of hydrogen-bond acceptors (Lipinski definition) is 2. The van der Waals surface area contributed by atoms with Gasteiger partial charge >= 0.3 is 0 Å². The van der Waals surface area contributed by atoms with Crippen LogP contribution in [0.15, 0.2) is 35.5 Å². The van der Waals surface area contributed by atoms with Gasteiger partial charge in [0.1, 0.15) is 0 Å². The summed E-state index contributed by atoms with van der Waals surface area (Å²) in [6.45, 7) is 11.3. The fraction of sp³-hybridized carbons (Fsp3) is 0.727. The number of allylic oxidation sites excluding steroid dienone is 3. The zero-order valence-electron chi connectivity index (χ0n) is 15.6. The van der Waals surface area contributed by atoms with E-state index >= 15 is 0 Å². The van der Waals surface area contributed by atoms with Crippen LogP contribution in [0.2, 0.25) is 0 Å². The summed E-state index contributed by atoms with van der Waals surface area (Å²) < 4.78 is 0. The van der Waals surface area contributed by atoms with Crippen LogP contribution in [0, 0.1) is 23.2 Å². The Morgan fingerprint density at radius 3 is 2.67 bits per heavy atom. The number of rotatable bonds is 2. The van der Waals surface area contributed by atoms with Crippen LogP contribution >= 0.6 is 0 Å². The van der Waals surface area contributed by atoms with Gasteiger partial charge in [-0.25, -0.2) is 0 Å². The number of aliphatic hydroxyl groups excluding tert-OH is 2. The number of aliphatic hydroxyl groups is 2. The van der Waals surface area contributed by atoms with Crippen molar-refractivity contribution in [2.45, 2.75) is 77.9 Å². The Bertz CT molecular complexity index is 556. The van der Waals surface area contributed by atoms with Crippen molar-refractivity contribution >= 4 is 0 Å². The van der Waals surface area contributed by atoms with Gasteiger partial charge in [0.2, 0.25) is 0 Å². The summed E-state index contributed by atoms with van der Waals surface area (Å²) in [5.74, 6) is 2.32. The molecule has 3 rings (SSSR count). The van der Waals surface area contributed by atoms with Gasteiger partial charge in [0.05, 0.1) is 12.2 Å². The van der Waals surface area contributed by atoms with Crippen LogP contribution in [0.3, 0.4) is 0 Å². The van der Waals surface area contributed by atoms with E-state index in [0.717, 1.165) is 23.0 Å². The van der Waals surface area contributed by atoms with E-state index in [1.165, 1.54) is 32.1 Å². The summed E-state index contributed by atoms with van der Waals surface area (Å²) in [7, 11) is 0. The molecule has 3 saturated carbocycles. The van der Waals surface area contributed by atoms with E-state index in [4.69, 9.17) is 0 Å². The molecule has 0 bridgehead atoms. The van der Waals surface area contributed by atoms with Crippen LogP contribution in [0.25, 0.3) is 0 Å². The average molecular weight is 331 g/mol. The highest BCUT2D eigenvalue weighted by molar-refractivity contribution is 5.38. The van der Waals surface area contributed by atoms with E-state index in [-0.39, 0.29) is 0 Å². The van der Waals surface area contributed by atoms with E-state index < -0.39 is 12.2 Å². The minimum atomic E-state index is -0.591. The normalized spacial score (nSPS) is 43.7. The van der Waals surface area contributed by atoms with Gasteiger partial charge < -0.3 is 10.2 Å². The van der Waals surface area contributed by atoms with Crippen molar-refractivity contribution in [3.05, 3.63) is 35.5 Å². The molecule has 3 aliphatic carbocycles. The summed E-state index contributed by atoms with van der Waals surface area (Å²) in [6, 6.07) is 0. The molecule has 0 aromatic carbocycles. The Labute approximate surface area is 147 Å². The molecule has 134 valence electrons. The molecule has 2 nitrogen and oxygen atoms in total. The van der Waals surface area contributed by atoms with Crippen LogP contribution in [0.4, 0.5) is 0 Å². The van der Waals surface area contributed by atoms with Crippen molar-refractivity contribution in [1.82, 2.24) is 0 Å². The minimum absolute atomic E-state index is 0.420. The fourth-order valence-electron chi connectivity index (χ4n) is 5.84. The first kappa shape index (κ1) is 17.9. The van der Waals surface area contributed by atoms with E-state index in [2.05, 4.69) is 39.5 Å². The molecular weight excluding hydrogens is 296 g/mol. The van der Waals surface area contributed by atoms with Gasteiger partial charge in [0.25, 0.3) is 0 Å². The molecule has 0 spiro atoms. The maximum absolute atomic E-state index is 10.0. The maximum Gasteiger partial charge on any atom is 0.0811 e. The van der Waals surface area contributed by atoms with Gasteiger partial charge in [-0.15, -0.1) is 0 Å². The molecule has 5 atom stereocenters. The van der Waals surface area contributed by atoms with Crippen molar-refractivity contribution in [3.8, 4) is 0 Å². The monoisotopic (exact) mass is 330 g/mol. The lowest BCUT2D eigenvalue weighted by Gasteiger charge is -2.43. The van der Waals surface area contributed by atoms with Gasteiger partial charge in [-0.3, -0.25) is 0 Å². The average Bonchev–Trinajstić information content (AvgIpc) is 2.87. The fourth-order valence-corrected chi connectivity index (χ4v) is 5.84. The summed E-state index contributed by atoms with van der Waals surface area (Å²) in [6.07, 6.45) is 11.0. The second-order valence-corrected chi connectivity index (χ2v) is 8.91. The third kappa shape index (κ3) is 3.15. The summed E-state index contributed by atoms with van der Waals surface area (Å²) in [5.41, 5.74) is 3.86. The molecule has 3 fully saturated rings. The SMILES string of the molecule is C=C1/C(=C/C=C2\CCC[C@@]3(C)C2CCC3C(C)C)C[C@@H](O)CC1O. The Morgan fingerprint density at radius 1 is 1.21 bits per heavy atom. The van der Waals surface area contributed by atoms with E-state index in [0.29, 0.717) is 24.2 Å². The summed E-state index contributed by atoms with van der Waals surface area (Å²) >= 11 is 0. The van der Waals surface area contributed by atoms with Gasteiger partial charge in [-0.2, -0.15) is 0 Å². The largest absolute Gasteiger partial charge is 0.393 e. The molecule has 3 unspecified atom stereocenters. The van der Waals surface area contributed by atoms with Gasteiger partial charge in [0.15, 0.2) is 0 Å². The van der Waals surface area contributed by atoms with E-state index in [1.54, 1.807) is 5.57 Å². The number of fused-ring (bicyclic) bond motifs is 1. The molecule has 0 saturated heterocycles. The Morgan fingerprint density at radius 2 is 1.96 bits per heavy atom. The molecule has 24 heavy (non-hydrogen) atoms. The standard InChI is InChI=1S/C22H34O2/c1-14(2)19-9-10-20-16(6-5-11-22(19,20)4)7-8-17-12-18(23)13-21(24)15(17)3/h7-8,14,18-21,23-24H,3,5-6,9-13H2,1-2,4H3/b16-7+,17-8+/t18-,19?,20?,21?,22-/m1/s1. The highest BCUT2D eigenvalue weighted by atomic mass is 16.3. The lowest BCUT2D eigenvalue weighted by atomic mass is 9.61. The van der Waals surface area contributed by atoms with Crippen molar-refractivity contribution in [2.75, 3.05) is 0 Å². The van der Waals surface area contributed by atoms with Crippen LogP contribution in [-0.4, -0.2) is 22.4 Å². The molecular formula is C22H34O2. The van der Waals surface area contributed by atoms with Crippen molar-refractivity contribution < 1.29 is 10.2 Å². The third-order valence-electron chi connectivity index (χ3n) is 7.11. The molecule has 0 aliphatic heterocycles. The number of hydrogen-bond donors (Lipinski definition) is 2. The van der Waals surface area contributed by atoms with Crippen LogP contribution in [-0.2, 0) is 0 Å². The first-order valence-electron chi connectivity index (χ1n) is 9.78. The minimum Gasteiger partial charge on any atom is -0.393 e. The zero-order chi connectivity index (χ0) is 17.5. The lowest BCUT2D eigenvalue weighted by Crippen LogP contribution is -2.35. The van der Waals surface area contributed by atoms with Gasteiger partial charge in [-0.1, -0.05) is 45.1 Å². The first-order valence-corrected chi connectivity index (χ1v) is 9.78. The molecule has 2 N–H and O–H groups in total. The van der Waals surface area contributed by atoms with Gasteiger partial charge in [0, 0.05) is 6.42 Å². The van der Waals surface area contributed by atoms with E-state index in [1.807, 2.05) is 0 Å². The molecule has 0 radical (unpaired) electrons. The van der Waals surface area contributed by atoms with Crippen LogP contribution in [0.5, 0.6) is 0 Å². The summed E-state index contributed by atoms with van der Waals surface area (Å²) in [5, 5.41) is 20.0. The zero-order valence-corrected chi connectivity index (χ0v) is 15.6. The lowest BCUT2D eigenvalue weighted by molar-refractivity contribution is 0.0862. The Kier molecular flexibility index (Phi) is 5.09. The molecule has 3 aliphatic rings. The smallest absolute Gasteiger partial charge is 0.0811 e. The van der Waals surface area contributed by atoms with Crippen molar-refractivity contribution in [3.63, 3.8) is 0 Å². The topological polar surface area (TPSA) is 40.5 Å². The van der Waals surface area contributed by atoms with Crippen LogP contribution < -0.4 is 0 Å². The molecule has 2 heteroatoms. The van der Waals surface area contributed by atoms with Crippen LogP contribution in [0.1, 0.15) is 65.7 Å². The highest BCUT2D eigenvalue weighted by Gasteiger charge is 2.49. The molecule has 0 aromatic heterocycles. The Hall–Kier alpha value is -0.860. The second-order valence-electron chi connectivity index (χ2n) is 8.91. The van der Waals surface area contributed by atoms with Crippen molar-refractivity contribution in [1.29, 1.82) is 0 Å². The Balaban J connectivity index is 1.83. The first-order chi connectivity index (χ1) is 11.3. The summed E-state index contributed by atoms with van der Waals surface area (Å²) in [4.78, 5) is 0. The van der Waals surface area contributed by atoms with Gasteiger partial charge in [-0.05, 0) is 72.8 Å². The molecule has 0 amide bonds. The highest BCUT2D eigenvalue weighted by Crippen LogP contribution is 2.59. The van der Waals surface area contributed by atoms with Crippen molar-refractivity contribution in [2.24, 2.45) is 23.2 Å². The van der Waals surface area contributed by atoms with E-state index in [9.17, 15) is 10.2 Å². The molecule has 0 heterocycles. The third-order valence-corrected chi connectivity index (χ3v) is 7.11.